The number of ether oxygens (including phenoxy) is 1. The van der Waals surface area contributed by atoms with E-state index in [1.54, 1.807) is 0 Å². The van der Waals surface area contributed by atoms with Crippen LogP contribution in [-0.4, -0.2) is 19.9 Å². The molecule has 1 aromatic rings. The number of nitrogens with zero attached hydrogens (tertiary/aromatic N) is 1. The van der Waals surface area contributed by atoms with E-state index >= 15 is 0 Å². The largest absolute Gasteiger partial charge is 0.449 e. The van der Waals surface area contributed by atoms with Crippen LogP contribution in [-0.2, 0) is 19.6 Å². The highest BCUT2D eigenvalue weighted by atomic mass is 32.2. The lowest BCUT2D eigenvalue weighted by atomic mass is 10.1. The third-order valence-electron chi connectivity index (χ3n) is 2.49. The summed E-state index contributed by atoms with van der Waals surface area (Å²) < 4.78 is 54.2. The van der Waals surface area contributed by atoms with Crippen LogP contribution in [0.4, 0.5) is 8.78 Å². The van der Waals surface area contributed by atoms with Gasteiger partial charge >= 0.3 is 6.41 Å². The van der Waals surface area contributed by atoms with E-state index in [0.717, 1.165) is 6.07 Å². The van der Waals surface area contributed by atoms with Gasteiger partial charge in [0.15, 0.2) is 0 Å². The zero-order valence-corrected chi connectivity index (χ0v) is 9.45. The smallest absolute Gasteiger partial charge is 0.328 e. The van der Waals surface area contributed by atoms with Crippen molar-refractivity contribution < 1.29 is 26.8 Å². The average molecular weight is 276 g/mol. The van der Waals surface area contributed by atoms with Crippen LogP contribution in [0.3, 0.4) is 0 Å². The van der Waals surface area contributed by atoms with E-state index < -0.39 is 33.0 Å². The van der Waals surface area contributed by atoms with Crippen molar-refractivity contribution in [2.24, 2.45) is 5.14 Å². The van der Waals surface area contributed by atoms with Gasteiger partial charge in [-0.2, -0.15) is 5.06 Å². The van der Waals surface area contributed by atoms with Crippen molar-refractivity contribution in [1.82, 2.24) is 5.06 Å². The lowest BCUT2D eigenvalue weighted by molar-refractivity contribution is 0.124. The first kappa shape index (κ1) is 11.4. The Kier molecular flexibility index (Phi) is 2.15. The number of hydrogen-bond donors (Lipinski definition) is 1. The molecule has 2 aliphatic rings. The fourth-order valence-corrected chi connectivity index (χ4v) is 2.22. The number of nitrogens with two attached hydrogens (primary N) is 1. The Morgan fingerprint density at radius 3 is 2.50 bits per heavy atom. The predicted octanol–water partition coefficient (Wildman–Crippen LogP) is 0.472. The Labute approximate surface area is 100 Å². The Morgan fingerprint density at radius 2 is 2.00 bits per heavy atom. The molecule has 1 aromatic carbocycles. The number of halogens is 2. The molecular formula is C9H6F2N2O4S. The van der Waals surface area contributed by atoms with Crippen LogP contribution in [0, 0.1) is 11.6 Å². The molecule has 1 saturated heterocycles. The second-order valence-electron chi connectivity index (χ2n) is 3.68. The van der Waals surface area contributed by atoms with E-state index in [1.165, 1.54) is 11.3 Å². The van der Waals surface area contributed by atoms with Crippen molar-refractivity contribution in [3.8, 4) is 0 Å². The van der Waals surface area contributed by atoms with Crippen molar-refractivity contribution in [1.29, 1.82) is 0 Å². The van der Waals surface area contributed by atoms with Crippen LogP contribution < -0.4 is 5.14 Å². The van der Waals surface area contributed by atoms with Gasteiger partial charge < -0.3 is 4.74 Å². The highest BCUT2D eigenvalue weighted by Crippen LogP contribution is 2.40. The number of benzene rings is 1. The molecule has 0 spiro atoms. The molecule has 96 valence electrons. The lowest BCUT2D eigenvalue weighted by Crippen LogP contribution is -2.15. The van der Waals surface area contributed by atoms with Crippen LogP contribution in [0.1, 0.15) is 5.56 Å². The molecule has 6 nitrogen and oxygen atoms in total. The first-order chi connectivity index (χ1) is 8.38. The minimum atomic E-state index is -4.31. The lowest BCUT2D eigenvalue weighted by Gasteiger charge is -2.07. The van der Waals surface area contributed by atoms with E-state index in [4.69, 9.17) is 14.7 Å². The van der Waals surface area contributed by atoms with E-state index in [1.807, 2.05) is 0 Å². The number of fused-ring (bicyclic) bond motifs is 1. The summed E-state index contributed by atoms with van der Waals surface area (Å²) in [4.78, 5) is 3.93. The molecule has 9 heteroatoms. The maximum Gasteiger partial charge on any atom is 0.328 e. The molecule has 0 aliphatic carbocycles. The molecule has 1 atom stereocenters. The van der Waals surface area contributed by atoms with E-state index in [-0.39, 0.29) is 11.3 Å². The molecule has 0 radical (unpaired) electrons. The standard InChI is InChI=1S/C9H6F2N2O4S/c10-5-2-8(18(12,14)15)6(11)1-4(5)7-3-16-9-13(7)17-9/h1-3,9H,(H2,12,14,15). The number of hydroxylamine groups is 2. The van der Waals surface area contributed by atoms with E-state index in [9.17, 15) is 17.2 Å². The van der Waals surface area contributed by atoms with E-state index in [2.05, 4.69) is 0 Å². The number of rotatable bonds is 2. The fourth-order valence-electron chi connectivity index (χ4n) is 1.62. The van der Waals surface area contributed by atoms with E-state index in [0.29, 0.717) is 6.07 Å². The maximum atomic E-state index is 13.7. The molecule has 0 saturated carbocycles. The predicted molar refractivity (Wildman–Crippen MR) is 53.5 cm³/mol. The molecular weight excluding hydrogens is 270 g/mol. The van der Waals surface area contributed by atoms with Crippen LogP contribution in [0.25, 0.3) is 5.70 Å². The van der Waals surface area contributed by atoms with Gasteiger partial charge in [-0.25, -0.2) is 27.2 Å². The minimum absolute atomic E-state index is 0.167. The zero-order chi connectivity index (χ0) is 13.1. The summed E-state index contributed by atoms with van der Waals surface area (Å²) in [5, 5.41) is 5.97. The van der Waals surface area contributed by atoms with Gasteiger partial charge in [0.1, 0.15) is 28.5 Å². The molecule has 18 heavy (non-hydrogen) atoms. The molecule has 1 fully saturated rings. The van der Waals surface area contributed by atoms with Crippen molar-refractivity contribution >= 4 is 15.7 Å². The second kappa shape index (κ2) is 3.40. The van der Waals surface area contributed by atoms with Crippen LogP contribution in [0.2, 0.25) is 0 Å². The summed E-state index contributed by atoms with van der Waals surface area (Å²) in [6.07, 6.45) is 0.586. The second-order valence-corrected chi connectivity index (χ2v) is 5.21. The van der Waals surface area contributed by atoms with Gasteiger partial charge in [-0.05, 0) is 12.1 Å². The Hall–Kier alpha value is -1.71. The van der Waals surface area contributed by atoms with Gasteiger partial charge in [0, 0.05) is 5.56 Å². The maximum absolute atomic E-state index is 13.7. The highest BCUT2D eigenvalue weighted by molar-refractivity contribution is 7.89. The van der Waals surface area contributed by atoms with Crippen LogP contribution in [0.15, 0.2) is 23.3 Å². The first-order valence-electron chi connectivity index (χ1n) is 4.72. The fraction of sp³-hybridized carbons (Fsp3) is 0.111. The molecule has 2 N–H and O–H groups in total. The molecule has 0 amide bonds. The molecule has 2 heterocycles. The van der Waals surface area contributed by atoms with Gasteiger partial charge in [-0.3, -0.25) is 0 Å². The summed E-state index contributed by atoms with van der Waals surface area (Å²) >= 11 is 0. The summed E-state index contributed by atoms with van der Waals surface area (Å²) in [7, 11) is -4.31. The third-order valence-corrected chi connectivity index (χ3v) is 3.41. The van der Waals surface area contributed by atoms with Gasteiger partial charge in [0.05, 0.1) is 0 Å². The summed E-state index contributed by atoms with van der Waals surface area (Å²) in [6.45, 7) is 0. The SMILES string of the molecule is NS(=O)(=O)c1cc(F)c(C2=COC3ON23)cc1F. The summed E-state index contributed by atoms with van der Waals surface area (Å²) in [5.74, 6) is -2.08. The average Bonchev–Trinajstić information content (AvgIpc) is 2.93. The molecule has 3 rings (SSSR count). The van der Waals surface area contributed by atoms with Gasteiger partial charge in [0.2, 0.25) is 10.0 Å². The monoisotopic (exact) mass is 276 g/mol. The topological polar surface area (TPSA) is 84.9 Å². The highest BCUT2D eigenvalue weighted by Gasteiger charge is 2.46. The van der Waals surface area contributed by atoms with Gasteiger partial charge in [0.25, 0.3) is 0 Å². The first-order valence-corrected chi connectivity index (χ1v) is 6.26. The number of sulfonamides is 1. The zero-order valence-electron chi connectivity index (χ0n) is 8.63. The van der Waals surface area contributed by atoms with Crippen LogP contribution >= 0.6 is 0 Å². The minimum Gasteiger partial charge on any atom is -0.449 e. The molecule has 0 aromatic heterocycles. The number of hydrogen-bond acceptors (Lipinski definition) is 5. The summed E-state index contributed by atoms with van der Waals surface area (Å²) in [6, 6.07) is 1.26. The Bertz CT molecular complexity index is 673. The van der Waals surface area contributed by atoms with Crippen molar-refractivity contribution in [3.05, 3.63) is 35.6 Å². The van der Waals surface area contributed by atoms with Gasteiger partial charge in [-0.1, -0.05) is 0 Å². The Balaban J connectivity index is 2.11. The van der Waals surface area contributed by atoms with Crippen molar-refractivity contribution in [2.45, 2.75) is 11.3 Å². The quantitative estimate of drug-likeness (QED) is 0.794. The van der Waals surface area contributed by atoms with Crippen LogP contribution in [0.5, 0.6) is 0 Å². The Morgan fingerprint density at radius 1 is 1.28 bits per heavy atom. The molecule has 1 unspecified atom stereocenters. The van der Waals surface area contributed by atoms with Crippen molar-refractivity contribution in [2.75, 3.05) is 0 Å². The third kappa shape index (κ3) is 1.64. The van der Waals surface area contributed by atoms with Gasteiger partial charge in [-0.15, -0.1) is 0 Å². The number of primary sulfonamides is 1. The van der Waals surface area contributed by atoms with Crippen molar-refractivity contribution in [3.63, 3.8) is 0 Å². The molecule has 2 aliphatic heterocycles. The normalized spacial score (nSPS) is 21.4. The molecule has 0 bridgehead atoms. The summed E-state index contributed by atoms with van der Waals surface area (Å²) in [5.41, 5.74) is 0.0114.